The molecule has 5 heteroatoms. The van der Waals surface area contributed by atoms with Gasteiger partial charge in [-0.15, -0.1) is 0 Å². The van der Waals surface area contributed by atoms with Crippen molar-refractivity contribution in [2.75, 3.05) is 6.61 Å². The Morgan fingerprint density at radius 3 is 2.40 bits per heavy atom. The zero-order valence-electron chi connectivity index (χ0n) is 12.1. The average Bonchev–Trinajstić information content (AvgIpc) is 2.42. The fraction of sp³-hybridized carbons (Fsp3) is 0.467. The van der Waals surface area contributed by atoms with Gasteiger partial charge in [-0.1, -0.05) is 26.0 Å². The van der Waals surface area contributed by atoms with Crippen molar-refractivity contribution in [3.05, 3.63) is 29.8 Å². The first-order chi connectivity index (χ1) is 9.45. The summed E-state index contributed by atoms with van der Waals surface area (Å²) in [5.41, 5.74) is 6.42. The SMILES string of the molecule is CC(NC(C(N)=O)C(C)C)c1ccc(OCC#N)cc1. The van der Waals surface area contributed by atoms with Gasteiger partial charge in [-0.2, -0.15) is 5.26 Å². The lowest BCUT2D eigenvalue weighted by atomic mass is 10.0. The minimum absolute atomic E-state index is 0.0000770. The average molecular weight is 275 g/mol. The van der Waals surface area contributed by atoms with E-state index in [1.54, 1.807) is 12.1 Å². The van der Waals surface area contributed by atoms with Crippen LogP contribution >= 0.6 is 0 Å². The van der Waals surface area contributed by atoms with Gasteiger partial charge in [0.1, 0.15) is 11.8 Å². The van der Waals surface area contributed by atoms with Crippen molar-refractivity contribution >= 4 is 5.91 Å². The van der Waals surface area contributed by atoms with Crippen LogP contribution in [0, 0.1) is 17.2 Å². The van der Waals surface area contributed by atoms with Gasteiger partial charge in [0.25, 0.3) is 0 Å². The van der Waals surface area contributed by atoms with Crippen LogP contribution in [0.2, 0.25) is 0 Å². The van der Waals surface area contributed by atoms with E-state index in [0.29, 0.717) is 5.75 Å². The molecular formula is C15H21N3O2. The van der Waals surface area contributed by atoms with Gasteiger partial charge < -0.3 is 10.5 Å². The summed E-state index contributed by atoms with van der Waals surface area (Å²) < 4.78 is 5.19. The van der Waals surface area contributed by atoms with Gasteiger partial charge in [0.2, 0.25) is 5.91 Å². The largest absolute Gasteiger partial charge is 0.479 e. The summed E-state index contributed by atoms with van der Waals surface area (Å²) in [6.07, 6.45) is 0. The van der Waals surface area contributed by atoms with Gasteiger partial charge in [0.15, 0.2) is 6.61 Å². The van der Waals surface area contributed by atoms with Crippen LogP contribution in [0.5, 0.6) is 5.75 Å². The third kappa shape index (κ3) is 4.56. The molecule has 0 bridgehead atoms. The summed E-state index contributed by atoms with van der Waals surface area (Å²) >= 11 is 0. The second-order valence-corrected chi connectivity index (χ2v) is 5.03. The summed E-state index contributed by atoms with van der Waals surface area (Å²) in [5.74, 6) is 0.437. The molecule has 2 unspecified atom stereocenters. The molecule has 1 aromatic rings. The van der Waals surface area contributed by atoms with Crippen molar-refractivity contribution in [1.82, 2.24) is 5.32 Å². The molecule has 108 valence electrons. The van der Waals surface area contributed by atoms with Crippen molar-refractivity contribution < 1.29 is 9.53 Å². The number of carbonyl (C=O) groups is 1. The molecule has 0 saturated heterocycles. The number of rotatable bonds is 7. The molecule has 0 aliphatic carbocycles. The van der Waals surface area contributed by atoms with E-state index >= 15 is 0 Å². The number of carbonyl (C=O) groups excluding carboxylic acids is 1. The highest BCUT2D eigenvalue weighted by molar-refractivity contribution is 5.80. The predicted octanol–water partition coefficient (Wildman–Crippen LogP) is 1.75. The Morgan fingerprint density at radius 1 is 1.35 bits per heavy atom. The lowest BCUT2D eigenvalue weighted by molar-refractivity contribution is -0.121. The number of nitriles is 1. The second kappa shape index (κ2) is 7.51. The number of nitrogens with one attached hydrogen (secondary N) is 1. The van der Waals surface area contributed by atoms with Gasteiger partial charge in [-0.05, 0) is 30.5 Å². The minimum Gasteiger partial charge on any atom is -0.479 e. The second-order valence-electron chi connectivity index (χ2n) is 5.03. The van der Waals surface area contributed by atoms with Gasteiger partial charge in [-0.25, -0.2) is 0 Å². The number of hydrogen-bond acceptors (Lipinski definition) is 4. The van der Waals surface area contributed by atoms with Crippen LogP contribution in [-0.2, 0) is 4.79 Å². The van der Waals surface area contributed by atoms with E-state index in [0.717, 1.165) is 5.56 Å². The van der Waals surface area contributed by atoms with Crippen molar-refractivity contribution in [3.8, 4) is 11.8 Å². The van der Waals surface area contributed by atoms with Crippen molar-refractivity contribution in [2.24, 2.45) is 11.7 Å². The Morgan fingerprint density at radius 2 is 1.95 bits per heavy atom. The number of primary amides is 1. The van der Waals surface area contributed by atoms with E-state index in [1.165, 1.54) is 0 Å². The maximum Gasteiger partial charge on any atom is 0.234 e. The van der Waals surface area contributed by atoms with Gasteiger partial charge in [0.05, 0.1) is 6.04 Å². The van der Waals surface area contributed by atoms with E-state index in [-0.39, 0.29) is 30.5 Å². The molecule has 3 N–H and O–H groups in total. The zero-order chi connectivity index (χ0) is 15.1. The van der Waals surface area contributed by atoms with Crippen molar-refractivity contribution in [1.29, 1.82) is 5.26 Å². The fourth-order valence-corrected chi connectivity index (χ4v) is 1.94. The third-order valence-corrected chi connectivity index (χ3v) is 3.09. The molecule has 20 heavy (non-hydrogen) atoms. The van der Waals surface area contributed by atoms with Crippen molar-refractivity contribution in [2.45, 2.75) is 32.9 Å². The first kappa shape index (κ1) is 16.0. The van der Waals surface area contributed by atoms with E-state index in [1.807, 2.05) is 39.0 Å². The zero-order valence-corrected chi connectivity index (χ0v) is 12.1. The first-order valence-corrected chi connectivity index (χ1v) is 6.60. The normalized spacial score (nSPS) is 13.6. The number of amides is 1. The van der Waals surface area contributed by atoms with Gasteiger partial charge in [-0.3, -0.25) is 10.1 Å². The molecule has 0 heterocycles. The molecule has 2 atom stereocenters. The van der Waals surface area contributed by atoms with Gasteiger partial charge in [0, 0.05) is 6.04 Å². The van der Waals surface area contributed by atoms with Crippen LogP contribution in [0.15, 0.2) is 24.3 Å². The van der Waals surface area contributed by atoms with Crippen LogP contribution in [0.1, 0.15) is 32.4 Å². The highest BCUT2D eigenvalue weighted by atomic mass is 16.5. The lowest BCUT2D eigenvalue weighted by Crippen LogP contribution is -2.45. The Labute approximate surface area is 119 Å². The Hall–Kier alpha value is -2.06. The van der Waals surface area contributed by atoms with Crippen LogP contribution in [0.25, 0.3) is 0 Å². The molecule has 0 fully saturated rings. The molecule has 1 aromatic carbocycles. The lowest BCUT2D eigenvalue weighted by Gasteiger charge is -2.24. The summed E-state index contributed by atoms with van der Waals surface area (Å²) in [6, 6.07) is 8.98. The molecule has 0 saturated carbocycles. The summed E-state index contributed by atoms with van der Waals surface area (Å²) in [5, 5.41) is 11.7. The number of hydrogen-bond donors (Lipinski definition) is 2. The van der Waals surface area contributed by atoms with E-state index in [2.05, 4.69) is 5.32 Å². The molecular weight excluding hydrogens is 254 g/mol. The third-order valence-electron chi connectivity index (χ3n) is 3.09. The van der Waals surface area contributed by atoms with Crippen LogP contribution < -0.4 is 15.8 Å². The Kier molecular flexibility index (Phi) is 6.01. The highest BCUT2D eigenvalue weighted by Gasteiger charge is 2.21. The smallest absolute Gasteiger partial charge is 0.234 e. The molecule has 0 aromatic heterocycles. The van der Waals surface area contributed by atoms with Gasteiger partial charge >= 0.3 is 0 Å². The molecule has 1 rings (SSSR count). The maximum atomic E-state index is 11.4. The Bertz CT molecular complexity index is 477. The molecule has 0 radical (unpaired) electrons. The maximum absolute atomic E-state index is 11.4. The molecule has 0 aliphatic rings. The summed E-state index contributed by atoms with van der Waals surface area (Å²) in [7, 11) is 0. The van der Waals surface area contributed by atoms with Crippen molar-refractivity contribution in [3.63, 3.8) is 0 Å². The summed E-state index contributed by atoms with van der Waals surface area (Å²) in [6.45, 7) is 5.91. The summed E-state index contributed by atoms with van der Waals surface area (Å²) in [4.78, 5) is 11.4. The molecule has 0 aliphatic heterocycles. The van der Waals surface area contributed by atoms with E-state index in [9.17, 15) is 4.79 Å². The number of ether oxygens (including phenoxy) is 1. The van der Waals surface area contributed by atoms with Crippen LogP contribution in [-0.4, -0.2) is 18.6 Å². The van der Waals surface area contributed by atoms with Crippen LogP contribution in [0.3, 0.4) is 0 Å². The minimum atomic E-state index is -0.362. The van der Waals surface area contributed by atoms with E-state index in [4.69, 9.17) is 15.7 Å². The quantitative estimate of drug-likeness (QED) is 0.793. The standard InChI is InChI=1S/C15H21N3O2/c1-10(2)14(15(17)19)18-11(3)12-4-6-13(7-5-12)20-9-8-16/h4-7,10-11,14,18H,9H2,1-3H3,(H2,17,19). The molecule has 0 spiro atoms. The number of nitrogens with zero attached hydrogens (tertiary/aromatic N) is 1. The first-order valence-electron chi connectivity index (χ1n) is 6.60. The predicted molar refractivity (Wildman–Crippen MR) is 76.9 cm³/mol. The van der Waals surface area contributed by atoms with E-state index < -0.39 is 0 Å². The molecule has 5 nitrogen and oxygen atoms in total. The fourth-order valence-electron chi connectivity index (χ4n) is 1.94. The molecule has 1 amide bonds. The number of benzene rings is 1. The number of nitrogens with two attached hydrogens (primary N) is 1. The highest BCUT2D eigenvalue weighted by Crippen LogP contribution is 2.19. The topological polar surface area (TPSA) is 88.1 Å². The Balaban J connectivity index is 2.70. The monoisotopic (exact) mass is 275 g/mol. The van der Waals surface area contributed by atoms with Crippen LogP contribution in [0.4, 0.5) is 0 Å².